The Bertz CT molecular complexity index is 1240. The molecule has 0 fully saturated rings. The molecule has 33 heavy (non-hydrogen) atoms. The van der Waals surface area contributed by atoms with E-state index in [9.17, 15) is 4.79 Å². The zero-order chi connectivity index (χ0) is 23.0. The maximum absolute atomic E-state index is 12.2. The molecule has 0 aliphatic rings. The smallest absolute Gasteiger partial charge is 0.250 e. The van der Waals surface area contributed by atoms with Crippen molar-refractivity contribution >= 4 is 47.0 Å². The fraction of sp³-hybridized carbons (Fsp3) is 0.174. The summed E-state index contributed by atoms with van der Waals surface area (Å²) in [6.45, 7) is 3.91. The molecule has 0 aliphatic carbocycles. The number of para-hydroxylation sites is 1. The number of rotatable bonds is 9. The van der Waals surface area contributed by atoms with Crippen LogP contribution >= 0.6 is 34.9 Å². The molecule has 0 bridgehead atoms. The zero-order valence-electron chi connectivity index (χ0n) is 18.1. The highest BCUT2D eigenvalue weighted by Crippen LogP contribution is 2.30. The fourth-order valence-corrected chi connectivity index (χ4v) is 5.79. The van der Waals surface area contributed by atoms with Gasteiger partial charge in [0.2, 0.25) is 0 Å². The third-order valence-corrected chi connectivity index (χ3v) is 7.91. The molecule has 0 spiro atoms. The number of benzene rings is 2. The fourth-order valence-electron chi connectivity index (χ4n) is 3.02. The second-order valence-corrected chi connectivity index (χ2v) is 10.4. The van der Waals surface area contributed by atoms with E-state index in [2.05, 4.69) is 38.0 Å². The minimum atomic E-state index is -0.198. The van der Waals surface area contributed by atoms with Crippen LogP contribution in [-0.2, 0) is 10.5 Å². The van der Waals surface area contributed by atoms with E-state index in [1.165, 1.54) is 28.7 Å². The number of nitrogens with one attached hydrogen (secondary N) is 1. The summed E-state index contributed by atoms with van der Waals surface area (Å²) in [7, 11) is 0. The molecule has 2 heterocycles. The van der Waals surface area contributed by atoms with Gasteiger partial charge in [-0.1, -0.05) is 83.4 Å². The van der Waals surface area contributed by atoms with Crippen molar-refractivity contribution in [2.45, 2.75) is 28.3 Å². The Hall–Kier alpha value is -2.95. The van der Waals surface area contributed by atoms with Crippen LogP contribution in [0.2, 0.25) is 0 Å². The number of hydrazone groups is 1. The number of hydrogen-bond acceptors (Lipinski definition) is 8. The molecular formula is C23H22N6OS3. The molecule has 4 rings (SSSR count). The third-order valence-electron chi connectivity index (χ3n) is 4.65. The number of nitrogens with zero attached hydrogens (tertiary/aromatic N) is 5. The first-order valence-corrected chi connectivity index (χ1v) is 13.0. The van der Waals surface area contributed by atoms with Crippen LogP contribution in [0.15, 0.2) is 74.4 Å². The SMILES string of the molecule is Cc1nn(-c2ccccc2)c(C)c1/C=N/NC(=O)CSc1nnc(SCc2ccccc2)s1. The van der Waals surface area contributed by atoms with E-state index in [0.29, 0.717) is 0 Å². The van der Waals surface area contributed by atoms with Gasteiger partial charge in [-0.2, -0.15) is 10.2 Å². The number of carbonyl (C=O) groups excluding carboxylic acids is 1. The van der Waals surface area contributed by atoms with Crippen LogP contribution in [0.4, 0.5) is 0 Å². The number of thioether (sulfide) groups is 2. The topological polar surface area (TPSA) is 85.1 Å². The lowest BCUT2D eigenvalue weighted by Crippen LogP contribution is -2.19. The summed E-state index contributed by atoms with van der Waals surface area (Å²) < 4.78 is 3.53. The molecular weight excluding hydrogens is 472 g/mol. The molecule has 7 nitrogen and oxygen atoms in total. The van der Waals surface area contributed by atoms with Crippen molar-refractivity contribution in [3.63, 3.8) is 0 Å². The molecule has 2 aromatic heterocycles. The maximum Gasteiger partial charge on any atom is 0.250 e. The Kier molecular flexibility index (Phi) is 7.92. The summed E-state index contributed by atoms with van der Waals surface area (Å²) in [5.41, 5.74) is 7.49. The Morgan fingerprint density at radius 3 is 2.42 bits per heavy atom. The molecule has 1 amide bonds. The Balaban J connectivity index is 1.26. The molecule has 0 saturated carbocycles. The summed E-state index contributed by atoms with van der Waals surface area (Å²) in [5.74, 6) is 0.863. The average Bonchev–Trinajstić information content (AvgIpc) is 3.42. The van der Waals surface area contributed by atoms with Gasteiger partial charge in [0.25, 0.3) is 5.91 Å². The molecule has 0 radical (unpaired) electrons. The van der Waals surface area contributed by atoms with E-state index in [-0.39, 0.29) is 11.7 Å². The van der Waals surface area contributed by atoms with E-state index in [1.807, 2.05) is 67.1 Å². The number of aromatic nitrogens is 4. The highest BCUT2D eigenvalue weighted by Gasteiger charge is 2.12. The lowest BCUT2D eigenvalue weighted by molar-refractivity contribution is -0.118. The van der Waals surface area contributed by atoms with Gasteiger partial charge in [0, 0.05) is 11.3 Å². The minimum absolute atomic E-state index is 0.198. The van der Waals surface area contributed by atoms with Crippen LogP contribution in [-0.4, -0.2) is 37.9 Å². The van der Waals surface area contributed by atoms with Gasteiger partial charge in [0.05, 0.1) is 29.0 Å². The highest BCUT2D eigenvalue weighted by molar-refractivity contribution is 8.03. The van der Waals surface area contributed by atoms with Crippen LogP contribution in [0.1, 0.15) is 22.5 Å². The first-order chi connectivity index (χ1) is 16.1. The first kappa shape index (κ1) is 23.2. The van der Waals surface area contributed by atoms with Crippen molar-refractivity contribution < 1.29 is 4.79 Å². The molecule has 4 aromatic rings. The summed E-state index contributed by atoms with van der Waals surface area (Å²) in [6, 6.07) is 20.1. The van der Waals surface area contributed by atoms with Gasteiger partial charge in [-0.25, -0.2) is 10.1 Å². The van der Waals surface area contributed by atoms with Gasteiger partial charge in [-0.15, -0.1) is 10.2 Å². The van der Waals surface area contributed by atoms with E-state index in [0.717, 1.165) is 37.1 Å². The maximum atomic E-state index is 12.2. The second kappa shape index (κ2) is 11.3. The van der Waals surface area contributed by atoms with Crippen molar-refractivity contribution in [2.24, 2.45) is 5.10 Å². The summed E-state index contributed by atoms with van der Waals surface area (Å²) >= 11 is 4.49. The molecule has 10 heteroatoms. The normalized spacial score (nSPS) is 11.2. The van der Waals surface area contributed by atoms with E-state index >= 15 is 0 Å². The van der Waals surface area contributed by atoms with Crippen molar-refractivity contribution in [1.29, 1.82) is 0 Å². The molecule has 0 saturated heterocycles. The second-order valence-electron chi connectivity index (χ2n) is 7.02. The van der Waals surface area contributed by atoms with Crippen LogP contribution in [0, 0.1) is 13.8 Å². The summed E-state index contributed by atoms with van der Waals surface area (Å²) in [4.78, 5) is 12.2. The predicted molar refractivity (Wildman–Crippen MR) is 135 cm³/mol. The quantitative estimate of drug-likeness (QED) is 0.203. The van der Waals surface area contributed by atoms with Crippen molar-refractivity contribution in [3.8, 4) is 5.69 Å². The monoisotopic (exact) mass is 494 g/mol. The molecule has 168 valence electrons. The highest BCUT2D eigenvalue weighted by atomic mass is 32.2. The number of carbonyl (C=O) groups is 1. The van der Waals surface area contributed by atoms with Gasteiger partial charge in [0.1, 0.15) is 0 Å². The first-order valence-electron chi connectivity index (χ1n) is 10.2. The van der Waals surface area contributed by atoms with E-state index in [1.54, 1.807) is 18.0 Å². The summed E-state index contributed by atoms with van der Waals surface area (Å²) in [6.07, 6.45) is 1.64. The lowest BCUT2D eigenvalue weighted by Gasteiger charge is -2.03. The molecule has 0 unspecified atom stereocenters. The largest absolute Gasteiger partial charge is 0.272 e. The Labute approximate surface area is 204 Å². The van der Waals surface area contributed by atoms with E-state index in [4.69, 9.17) is 0 Å². The summed E-state index contributed by atoms with van der Waals surface area (Å²) in [5, 5.41) is 17.1. The Morgan fingerprint density at radius 2 is 1.70 bits per heavy atom. The standard InChI is InChI=1S/C23H22N6OS3/c1-16-20(17(2)29(28-16)19-11-7-4-8-12-19)13-24-25-21(30)15-32-23-27-26-22(33-23)31-14-18-9-5-3-6-10-18/h3-13H,14-15H2,1-2H3,(H,25,30)/b24-13+. The minimum Gasteiger partial charge on any atom is -0.272 e. The van der Waals surface area contributed by atoms with Gasteiger partial charge >= 0.3 is 0 Å². The van der Waals surface area contributed by atoms with Gasteiger partial charge in [0.15, 0.2) is 8.68 Å². The van der Waals surface area contributed by atoms with E-state index < -0.39 is 0 Å². The van der Waals surface area contributed by atoms with Crippen molar-refractivity contribution in [1.82, 2.24) is 25.4 Å². The van der Waals surface area contributed by atoms with Crippen molar-refractivity contribution in [3.05, 3.63) is 83.2 Å². The van der Waals surface area contributed by atoms with Crippen LogP contribution in [0.5, 0.6) is 0 Å². The van der Waals surface area contributed by atoms with Gasteiger partial charge in [-0.3, -0.25) is 4.79 Å². The molecule has 1 N–H and O–H groups in total. The zero-order valence-corrected chi connectivity index (χ0v) is 20.6. The lowest BCUT2D eigenvalue weighted by atomic mass is 10.2. The molecule has 0 aliphatic heterocycles. The van der Waals surface area contributed by atoms with Crippen LogP contribution in [0.3, 0.4) is 0 Å². The van der Waals surface area contributed by atoms with Crippen molar-refractivity contribution in [2.75, 3.05) is 5.75 Å². The van der Waals surface area contributed by atoms with Crippen LogP contribution in [0.25, 0.3) is 5.69 Å². The van der Waals surface area contributed by atoms with Gasteiger partial charge in [-0.05, 0) is 31.5 Å². The molecule has 0 atom stereocenters. The van der Waals surface area contributed by atoms with Gasteiger partial charge < -0.3 is 0 Å². The predicted octanol–water partition coefficient (Wildman–Crippen LogP) is 4.88. The van der Waals surface area contributed by atoms with Crippen LogP contribution < -0.4 is 5.43 Å². The third kappa shape index (κ3) is 6.31. The molecule has 2 aromatic carbocycles. The average molecular weight is 495 g/mol. The number of hydrogen-bond donors (Lipinski definition) is 1. The Morgan fingerprint density at radius 1 is 1.03 bits per heavy atom. The number of amides is 1. The number of aryl methyl sites for hydroxylation is 1.